The molecule has 5 nitrogen and oxygen atoms in total. The first-order valence-corrected chi connectivity index (χ1v) is 6.21. The molecule has 1 fully saturated rings. The van der Waals surface area contributed by atoms with Crippen LogP contribution in [0.5, 0.6) is 0 Å². The van der Waals surface area contributed by atoms with Gasteiger partial charge in [0.05, 0.1) is 12.6 Å². The number of anilines is 1. The van der Waals surface area contributed by atoms with Crippen LogP contribution in [-0.4, -0.2) is 35.6 Å². The first kappa shape index (κ1) is 12.8. The van der Waals surface area contributed by atoms with Crippen molar-refractivity contribution >= 4 is 11.7 Å². The molecule has 0 radical (unpaired) electrons. The van der Waals surface area contributed by atoms with Crippen LogP contribution >= 0.6 is 0 Å². The number of aliphatic hydroxyl groups is 1. The summed E-state index contributed by atoms with van der Waals surface area (Å²) in [6.07, 6.45) is 3.23. The number of amides is 1. The van der Waals surface area contributed by atoms with Crippen molar-refractivity contribution in [3.8, 4) is 0 Å². The summed E-state index contributed by atoms with van der Waals surface area (Å²) in [6, 6.07) is 3.97. The minimum Gasteiger partial charge on any atom is -0.389 e. The Hall–Kier alpha value is -1.62. The lowest BCUT2D eigenvalue weighted by Gasteiger charge is -2.21. The van der Waals surface area contributed by atoms with Crippen LogP contribution in [0.1, 0.15) is 31.4 Å². The van der Waals surface area contributed by atoms with Crippen LogP contribution in [-0.2, 0) is 4.79 Å². The second kappa shape index (κ2) is 5.35. The van der Waals surface area contributed by atoms with Gasteiger partial charge in [0, 0.05) is 24.8 Å². The fraction of sp³-hybridized carbons (Fsp3) is 0.538. The van der Waals surface area contributed by atoms with Crippen LogP contribution in [0.15, 0.2) is 18.3 Å². The number of hydrogen-bond donors (Lipinski definition) is 2. The highest BCUT2D eigenvalue weighted by atomic mass is 16.3. The molecule has 2 rings (SSSR count). The van der Waals surface area contributed by atoms with Crippen LogP contribution in [0.3, 0.4) is 0 Å². The quantitative estimate of drug-likeness (QED) is 0.812. The van der Waals surface area contributed by atoms with Crippen LogP contribution in [0.25, 0.3) is 0 Å². The van der Waals surface area contributed by atoms with Gasteiger partial charge in [-0.3, -0.25) is 4.79 Å². The molecule has 2 N–H and O–H groups in total. The summed E-state index contributed by atoms with van der Waals surface area (Å²) in [5.74, 6) is 0.653. The highest BCUT2D eigenvalue weighted by Crippen LogP contribution is 2.23. The lowest BCUT2D eigenvalue weighted by Crippen LogP contribution is -2.37. The lowest BCUT2D eigenvalue weighted by atomic mass is 10.1. The van der Waals surface area contributed by atoms with E-state index in [2.05, 4.69) is 10.3 Å². The van der Waals surface area contributed by atoms with Gasteiger partial charge in [0.15, 0.2) is 0 Å². The molecule has 0 aliphatic heterocycles. The second-order valence-corrected chi connectivity index (χ2v) is 4.79. The molecule has 0 spiro atoms. The lowest BCUT2D eigenvalue weighted by molar-refractivity contribution is -0.119. The van der Waals surface area contributed by atoms with E-state index in [1.165, 1.54) is 0 Å². The summed E-state index contributed by atoms with van der Waals surface area (Å²) in [5, 5.41) is 12.6. The predicted octanol–water partition coefficient (Wildman–Crippen LogP) is 0.850. The van der Waals surface area contributed by atoms with Gasteiger partial charge >= 0.3 is 0 Å². The fourth-order valence-corrected chi connectivity index (χ4v) is 1.85. The highest BCUT2D eigenvalue weighted by molar-refractivity contribution is 5.81. The monoisotopic (exact) mass is 249 g/mol. The number of carbonyl (C=O) groups is 1. The summed E-state index contributed by atoms with van der Waals surface area (Å²) in [6.45, 7) is 1.95. The first-order chi connectivity index (χ1) is 8.58. The molecule has 1 heterocycles. The number of rotatable bonds is 5. The van der Waals surface area contributed by atoms with Crippen LogP contribution in [0, 0.1) is 0 Å². The van der Waals surface area contributed by atoms with Gasteiger partial charge in [-0.1, -0.05) is 6.07 Å². The molecule has 1 saturated carbocycles. The molecule has 1 amide bonds. The summed E-state index contributed by atoms with van der Waals surface area (Å²) in [5.41, 5.74) is 0.735. The molecule has 1 aliphatic carbocycles. The maximum atomic E-state index is 11.7. The van der Waals surface area contributed by atoms with Crippen molar-refractivity contribution in [2.24, 2.45) is 0 Å². The minimum absolute atomic E-state index is 0.00203. The third kappa shape index (κ3) is 3.20. The van der Waals surface area contributed by atoms with E-state index in [0.717, 1.165) is 18.4 Å². The third-order valence-corrected chi connectivity index (χ3v) is 2.95. The molecule has 5 heteroatoms. The Labute approximate surface area is 107 Å². The smallest absolute Gasteiger partial charge is 0.239 e. The van der Waals surface area contributed by atoms with E-state index < -0.39 is 6.10 Å². The Kier molecular flexibility index (Phi) is 3.81. The van der Waals surface area contributed by atoms with E-state index in [9.17, 15) is 9.90 Å². The van der Waals surface area contributed by atoms with Gasteiger partial charge in [-0.25, -0.2) is 4.98 Å². The van der Waals surface area contributed by atoms with Crippen molar-refractivity contribution in [2.75, 3.05) is 18.5 Å². The maximum Gasteiger partial charge on any atom is 0.239 e. The van der Waals surface area contributed by atoms with Gasteiger partial charge in [0.2, 0.25) is 5.91 Å². The standard InChI is InChI=1S/C13H19N3O2/c1-9(17)11-4-3-7-14-13(11)16(2)8-12(18)15-10-5-6-10/h3-4,7,9-10,17H,5-6,8H2,1-2H3,(H,15,18)/t9-/m0/s1. The van der Waals surface area contributed by atoms with E-state index in [-0.39, 0.29) is 12.5 Å². The molecule has 98 valence electrons. The summed E-state index contributed by atoms with van der Waals surface area (Å²) in [7, 11) is 1.81. The number of aliphatic hydroxyl groups excluding tert-OH is 1. The van der Waals surface area contributed by atoms with Gasteiger partial charge in [-0.05, 0) is 25.8 Å². The molecule has 1 aliphatic rings. The average molecular weight is 249 g/mol. The van der Waals surface area contributed by atoms with E-state index in [0.29, 0.717) is 11.9 Å². The zero-order chi connectivity index (χ0) is 13.1. The van der Waals surface area contributed by atoms with E-state index in [4.69, 9.17) is 0 Å². The number of aromatic nitrogens is 1. The summed E-state index contributed by atoms with van der Waals surface area (Å²) in [4.78, 5) is 17.7. The molecule has 18 heavy (non-hydrogen) atoms. The van der Waals surface area contributed by atoms with Crippen LogP contribution in [0.2, 0.25) is 0 Å². The Balaban J connectivity index is 2.02. The van der Waals surface area contributed by atoms with Gasteiger partial charge in [0.25, 0.3) is 0 Å². The molecular formula is C13H19N3O2. The Morgan fingerprint density at radius 1 is 1.67 bits per heavy atom. The van der Waals surface area contributed by atoms with Crippen molar-refractivity contribution in [2.45, 2.75) is 31.9 Å². The first-order valence-electron chi connectivity index (χ1n) is 6.21. The molecule has 0 bridgehead atoms. The Morgan fingerprint density at radius 2 is 2.39 bits per heavy atom. The predicted molar refractivity (Wildman–Crippen MR) is 69.3 cm³/mol. The topological polar surface area (TPSA) is 65.5 Å². The third-order valence-electron chi connectivity index (χ3n) is 2.95. The maximum absolute atomic E-state index is 11.7. The average Bonchev–Trinajstić information content (AvgIpc) is 3.12. The van der Waals surface area contributed by atoms with Gasteiger partial charge in [-0.2, -0.15) is 0 Å². The van der Waals surface area contributed by atoms with E-state index in [1.807, 2.05) is 6.07 Å². The van der Waals surface area contributed by atoms with E-state index >= 15 is 0 Å². The van der Waals surface area contributed by atoms with Crippen molar-refractivity contribution in [1.29, 1.82) is 0 Å². The van der Waals surface area contributed by atoms with Gasteiger partial charge < -0.3 is 15.3 Å². The molecule has 1 aromatic rings. The molecule has 1 atom stereocenters. The van der Waals surface area contributed by atoms with Crippen molar-refractivity contribution in [1.82, 2.24) is 10.3 Å². The second-order valence-electron chi connectivity index (χ2n) is 4.79. The fourth-order valence-electron chi connectivity index (χ4n) is 1.85. The number of nitrogens with one attached hydrogen (secondary N) is 1. The number of pyridine rings is 1. The zero-order valence-corrected chi connectivity index (χ0v) is 10.8. The SMILES string of the molecule is C[C@H](O)c1cccnc1N(C)CC(=O)NC1CC1. The van der Waals surface area contributed by atoms with Crippen molar-refractivity contribution in [3.05, 3.63) is 23.9 Å². The normalized spacial score (nSPS) is 16.2. The summed E-state index contributed by atoms with van der Waals surface area (Å²) >= 11 is 0. The molecule has 0 aromatic carbocycles. The number of likely N-dealkylation sites (N-methyl/N-ethyl adjacent to an activating group) is 1. The highest BCUT2D eigenvalue weighted by Gasteiger charge is 2.24. The number of carbonyl (C=O) groups excluding carboxylic acids is 1. The molecular weight excluding hydrogens is 230 g/mol. The number of nitrogens with zero attached hydrogens (tertiary/aromatic N) is 2. The molecule has 0 unspecified atom stereocenters. The van der Waals surface area contributed by atoms with Crippen LogP contribution < -0.4 is 10.2 Å². The minimum atomic E-state index is -0.595. The molecule has 1 aromatic heterocycles. The Morgan fingerprint density at radius 3 is 3.00 bits per heavy atom. The Bertz CT molecular complexity index is 430. The summed E-state index contributed by atoms with van der Waals surface area (Å²) < 4.78 is 0. The van der Waals surface area contributed by atoms with Gasteiger partial charge in [-0.15, -0.1) is 0 Å². The molecule has 0 saturated heterocycles. The number of hydrogen-bond acceptors (Lipinski definition) is 4. The van der Waals surface area contributed by atoms with Crippen molar-refractivity contribution in [3.63, 3.8) is 0 Å². The van der Waals surface area contributed by atoms with Crippen molar-refractivity contribution < 1.29 is 9.90 Å². The largest absolute Gasteiger partial charge is 0.389 e. The van der Waals surface area contributed by atoms with Crippen LogP contribution in [0.4, 0.5) is 5.82 Å². The van der Waals surface area contributed by atoms with Gasteiger partial charge in [0.1, 0.15) is 5.82 Å². The zero-order valence-electron chi connectivity index (χ0n) is 10.8. The van der Waals surface area contributed by atoms with E-state index in [1.54, 1.807) is 31.1 Å².